The molecule has 0 aliphatic heterocycles. The third-order valence-electron chi connectivity index (χ3n) is 2.72. The summed E-state index contributed by atoms with van der Waals surface area (Å²) in [5.41, 5.74) is 0.767. The minimum Gasteiger partial charge on any atom is -0.367 e. The summed E-state index contributed by atoms with van der Waals surface area (Å²) in [5.74, 6) is 2.83. The fourth-order valence-electron chi connectivity index (χ4n) is 1.63. The molecule has 2 rings (SSSR count). The lowest BCUT2D eigenvalue weighted by atomic mass is 10.1. The van der Waals surface area contributed by atoms with Crippen LogP contribution in [0.5, 0.6) is 0 Å². The van der Waals surface area contributed by atoms with Crippen LogP contribution in [0.4, 0.5) is 5.82 Å². The van der Waals surface area contributed by atoms with Gasteiger partial charge in [-0.05, 0) is 19.3 Å². The first-order valence-corrected chi connectivity index (χ1v) is 6.22. The number of nitrogens with one attached hydrogen (secondary N) is 1. The Morgan fingerprint density at radius 1 is 1.47 bits per heavy atom. The second-order valence-corrected chi connectivity index (χ2v) is 4.56. The summed E-state index contributed by atoms with van der Waals surface area (Å²) < 4.78 is 1.92. The summed E-state index contributed by atoms with van der Waals surface area (Å²) in [7, 11) is 0. The van der Waals surface area contributed by atoms with Crippen LogP contribution in [0.25, 0.3) is 5.65 Å². The molecule has 92 valence electrons. The van der Waals surface area contributed by atoms with E-state index in [0.717, 1.165) is 30.3 Å². The van der Waals surface area contributed by atoms with Crippen LogP contribution in [0.3, 0.4) is 0 Å². The molecule has 5 nitrogen and oxygen atoms in total. The lowest BCUT2D eigenvalue weighted by Gasteiger charge is -2.11. The lowest BCUT2D eigenvalue weighted by Crippen LogP contribution is -2.13. The normalized spacial score (nSPS) is 12.9. The molecule has 0 radical (unpaired) electrons. The van der Waals surface area contributed by atoms with Crippen LogP contribution in [-0.2, 0) is 0 Å². The highest BCUT2D eigenvalue weighted by molar-refractivity contribution is 6.17. The highest BCUT2D eigenvalue weighted by atomic mass is 35.5. The van der Waals surface area contributed by atoms with Crippen molar-refractivity contribution in [1.29, 1.82) is 0 Å². The molecular formula is C11H16ClN5. The van der Waals surface area contributed by atoms with Crippen molar-refractivity contribution >= 4 is 23.1 Å². The zero-order valence-electron chi connectivity index (χ0n) is 10.0. The fraction of sp³-hybridized carbons (Fsp3) is 0.545. The van der Waals surface area contributed by atoms with Crippen molar-refractivity contribution in [3.05, 3.63) is 18.2 Å². The van der Waals surface area contributed by atoms with Gasteiger partial charge < -0.3 is 5.32 Å². The zero-order chi connectivity index (χ0) is 12.3. The maximum atomic E-state index is 5.71. The van der Waals surface area contributed by atoms with Crippen LogP contribution < -0.4 is 5.32 Å². The van der Waals surface area contributed by atoms with Gasteiger partial charge in [-0.25, -0.2) is 4.98 Å². The number of hydrogen-bond donors (Lipinski definition) is 1. The third kappa shape index (κ3) is 2.66. The highest BCUT2D eigenvalue weighted by Crippen LogP contribution is 2.13. The van der Waals surface area contributed by atoms with Crippen LogP contribution in [0.1, 0.15) is 19.2 Å². The third-order valence-corrected chi connectivity index (χ3v) is 2.94. The Bertz CT molecular complexity index is 496. The molecule has 0 fully saturated rings. The summed E-state index contributed by atoms with van der Waals surface area (Å²) in [6.07, 6.45) is 4.60. The molecule has 0 saturated carbocycles. The quantitative estimate of drug-likeness (QED) is 0.830. The van der Waals surface area contributed by atoms with Gasteiger partial charge in [-0.1, -0.05) is 6.92 Å². The smallest absolute Gasteiger partial charge is 0.203 e. The SMILES string of the molecule is Cc1nnc2c(NCC(C)CCCl)nccn12. The lowest BCUT2D eigenvalue weighted by molar-refractivity contribution is 0.596. The van der Waals surface area contributed by atoms with Gasteiger partial charge in [0.25, 0.3) is 0 Å². The predicted molar refractivity (Wildman–Crippen MR) is 68.5 cm³/mol. The van der Waals surface area contributed by atoms with E-state index in [-0.39, 0.29) is 0 Å². The molecule has 2 aromatic rings. The number of anilines is 1. The average molecular weight is 254 g/mol. The number of hydrogen-bond acceptors (Lipinski definition) is 4. The van der Waals surface area contributed by atoms with Crippen molar-refractivity contribution in [3.8, 4) is 0 Å². The monoisotopic (exact) mass is 253 g/mol. The molecule has 1 atom stereocenters. The number of fused-ring (bicyclic) bond motifs is 1. The maximum absolute atomic E-state index is 5.71. The van der Waals surface area contributed by atoms with Gasteiger partial charge in [-0.3, -0.25) is 4.40 Å². The minimum absolute atomic E-state index is 0.513. The van der Waals surface area contributed by atoms with E-state index in [1.165, 1.54) is 0 Å². The van der Waals surface area contributed by atoms with Gasteiger partial charge in [0.2, 0.25) is 5.65 Å². The van der Waals surface area contributed by atoms with Gasteiger partial charge in [0.1, 0.15) is 5.82 Å². The van der Waals surface area contributed by atoms with E-state index < -0.39 is 0 Å². The van der Waals surface area contributed by atoms with Crippen molar-refractivity contribution in [2.24, 2.45) is 5.92 Å². The standard InChI is InChI=1S/C11H16ClN5/c1-8(3-4-12)7-14-10-11-16-15-9(2)17(11)6-5-13-10/h5-6,8H,3-4,7H2,1-2H3,(H,13,14). The Kier molecular flexibility index (Phi) is 3.78. The van der Waals surface area contributed by atoms with E-state index in [9.17, 15) is 0 Å². The van der Waals surface area contributed by atoms with Crippen molar-refractivity contribution in [3.63, 3.8) is 0 Å². The van der Waals surface area contributed by atoms with Crippen molar-refractivity contribution in [2.45, 2.75) is 20.3 Å². The van der Waals surface area contributed by atoms with E-state index in [1.54, 1.807) is 6.20 Å². The molecule has 0 spiro atoms. The molecule has 0 aliphatic carbocycles. The van der Waals surface area contributed by atoms with Crippen LogP contribution >= 0.6 is 11.6 Å². The second-order valence-electron chi connectivity index (χ2n) is 4.18. The zero-order valence-corrected chi connectivity index (χ0v) is 10.8. The number of aryl methyl sites for hydroxylation is 1. The molecule has 0 bridgehead atoms. The number of nitrogens with zero attached hydrogens (tertiary/aromatic N) is 4. The highest BCUT2D eigenvalue weighted by Gasteiger charge is 2.08. The summed E-state index contributed by atoms with van der Waals surface area (Å²) in [4.78, 5) is 4.28. The summed E-state index contributed by atoms with van der Waals surface area (Å²) in [5, 5.41) is 11.4. The van der Waals surface area contributed by atoms with E-state index in [2.05, 4.69) is 27.4 Å². The largest absolute Gasteiger partial charge is 0.367 e. The first kappa shape index (κ1) is 12.1. The molecule has 2 heterocycles. The molecule has 6 heteroatoms. The van der Waals surface area contributed by atoms with Gasteiger partial charge in [-0.15, -0.1) is 21.8 Å². The molecular weight excluding hydrogens is 238 g/mol. The van der Waals surface area contributed by atoms with Gasteiger partial charge in [0.05, 0.1) is 0 Å². The summed E-state index contributed by atoms with van der Waals surface area (Å²) in [6, 6.07) is 0. The topological polar surface area (TPSA) is 55.1 Å². The number of alkyl halides is 1. The fourth-order valence-corrected chi connectivity index (χ4v) is 2.00. The van der Waals surface area contributed by atoms with Crippen molar-refractivity contribution in [2.75, 3.05) is 17.7 Å². The van der Waals surface area contributed by atoms with Crippen LogP contribution in [-0.4, -0.2) is 32.0 Å². The molecule has 0 aliphatic rings. The molecule has 1 unspecified atom stereocenters. The van der Waals surface area contributed by atoms with Crippen LogP contribution in [0.15, 0.2) is 12.4 Å². The van der Waals surface area contributed by atoms with Crippen molar-refractivity contribution < 1.29 is 0 Å². The Balaban J connectivity index is 2.13. The molecule has 2 aromatic heterocycles. The summed E-state index contributed by atoms with van der Waals surface area (Å²) in [6.45, 7) is 4.91. The Morgan fingerprint density at radius 2 is 2.29 bits per heavy atom. The predicted octanol–water partition coefficient (Wildman–Crippen LogP) is 2.11. The van der Waals surface area contributed by atoms with Gasteiger partial charge in [0, 0.05) is 24.8 Å². The molecule has 0 amide bonds. The molecule has 1 N–H and O–H groups in total. The van der Waals surface area contributed by atoms with E-state index in [4.69, 9.17) is 11.6 Å². The van der Waals surface area contributed by atoms with Gasteiger partial charge in [-0.2, -0.15) is 0 Å². The molecule has 17 heavy (non-hydrogen) atoms. The van der Waals surface area contributed by atoms with Gasteiger partial charge >= 0.3 is 0 Å². The summed E-state index contributed by atoms with van der Waals surface area (Å²) >= 11 is 5.71. The first-order valence-electron chi connectivity index (χ1n) is 5.68. The number of halogens is 1. The Labute approximate surface area is 105 Å². The number of aromatic nitrogens is 4. The van der Waals surface area contributed by atoms with Gasteiger partial charge in [0.15, 0.2) is 5.82 Å². The number of rotatable bonds is 5. The van der Waals surface area contributed by atoms with E-state index in [0.29, 0.717) is 11.8 Å². The maximum Gasteiger partial charge on any atom is 0.203 e. The Morgan fingerprint density at radius 3 is 3.06 bits per heavy atom. The molecule has 0 aromatic carbocycles. The van der Waals surface area contributed by atoms with Crippen LogP contribution in [0.2, 0.25) is 0 Å². The Hall–Kier alpha value is -1.36. The average Bonchev–Trinajstić information content (AvgIpc) is 2.70. The van der Waals surface area contributed by atoms with E-state index >= 15 is 0 Å². The van der Waals surface area contributed by atoms with E-state index in [1.807, 2.05) is 17.5 Å². The molecule has 0 saturated heterocycles. The minimum atomic E-state index is 0.513. The second kappa shape index (κ2) is 5.31. The van der Waals surface area contributed by atoms with Crippen molar-refractivity contribution in [1.82, 2.24) is 19.6 Å². The van der Waals surface area contributed by atoms with Crippen LogP contribution in [0, 0.1) is 12.8 Å². The first-order chi connectivity index (χ1) is 8.22.